The molecule has 0 aliphatic rings. The molecule has 1 heterocycles. The Bertz CT molecular complexity index is 223. The van der Waals surface area contributed by atoms with E-state index in [1.54, 1.807) is 0 Å². The zero-order valence-corrected chi connectivity index (χ0v) is 9.69. The fourth-order valence-corrected chi connectivity index (χ4v) is 3.11. The van der Waals surface area contributed by atoms with Crippen molar-refractivity contribution in [1.29, 1.82) is 0 Å². The zero-order valence-electron chi connectivity index (χ0n) is 8.28. The van der Waals surface area contributed by atoms with Crippen LogP contribution in [0, 0.1) is 13.8 Å². The monoisotopic (exact) mass is 182 g/mol. The molecule has 0 saturated heterocycles. The zero-order chi connectivity index (χ0) is 8.97. The molecule has 0 radical (unpaired) electrons. The van der Waals surface area contributed by atoms with Gasteiger partial charge in [-0.15, -0.1) is 0 Å². The van der Waals surface area contributed by atoms with Crippen LogP contribution in [0.1, 0.15) is 31.2 Å². The van der Waals surface area contributed by atoms with Gasteiger partial charge in [-0.1, -0.05) is 25.8 Å². The Hall–Kier alpha value is -0.573. The molecule has 12 heavy (non-hydrogen) atoms. The summed E-state index contributed by atoms with van der Waals surface area (Å²) in [6.07, 6.45) is 2.68. The van der Waals surface area contributed by atoms with Gasteiger partial charge in [0.05, 0.1) is 11.1 Å². The van der Waals surface area contributed by atoms with Crippen molar-refractivity contribution in [3.63, 3.8) is 0 Å². The third-order valence-corrected chi connectivity index (χ3v) is 3.86. The molecule has 0 bridgehead atoms. The minimum atomic E-state index is -0.0896. The van der Waals surface area contributed by atoms with Crippen molar-refractivity contribution in [3.05, 3.63) is 11.4 Å². The van der Waals surface area contributed by atoms with Gasteiger partial charge in [0.1, 0.15) is 9.52 Å². The molecule has 1 rings (SSSR count). The summed E-state index contributed by atoms with van der Waals surface area (Å²) in [6, 6.07) is 1.39. The van der Waals surface area contributed by atoms with Gasteiger partial charge in [0.15, 0.2) is 0 Å². The van der Waals surface area contributed by atoms with E-state index in [0.29, 0.717) is 0 Å². The summed E-state index contributed by atoms with van der Waals surface area (Å²) in [5.74, 6) is 0. The molecule has 0 amide bonds. The molecule has 68 valence electrons. The molecule has 1 aromatic rings. The number of nitrogens with one attached hydrogen (secondary N) is 1. The first kappa shape index (κ1) is 9.51. The smallest absolute Gasteiger partial charge is 0.100 e. The summed E-state index contributed by atoms with van der Waals surface area (Å²) >= 11 is 0. The van der Waals surface area contributed by atoms with Crippen LogP contribution in [0.25, 0.3) is 0 Å². The van der Waals surface area contributed by atoms with E-state index in [9.17, 15) is 0 Å². The lowest BCUT2D eigenvalue weighted by molar-refractivity contribution is 0.880. The van der Waals surface area contributed by atoms with Crippen LogP contribution in [0.4, 0.5) is 0 Å². The number of H-pyrrole nitrogens is 1. The van der Waals surface area contributed by atoms with Crippen molar-refractivity contribution in [2.24, 2.45) is 0 Å². The molecule has 0 atom stereocenters. The van der Waals surface area contributed by atoms with Crippen molar-refractivity contribution >= 4 is 15.0 Å². The van der Waals surface area contributed by atoms with Crippen LogP contribution in [-0.4, -0.2) is 19.5 Å². The van der Waals surface area contributed by atoms with E-state index in [2.05, 4.69) is 30.7 Å². The predicted octanol–water partition coefficient (Wildman–Crippen LogP) is 1.04. The average Bonchev–Trinajstić information content (AvgIpc) is 2.32. The minimum Gasteiger partial charge on any atom is -0.351 e. The highest BCUT2D eigenvalue weighted by atomic mass is 28.2. The van der Waals surface area contributed by atoms with Crippen LogP contribution in [-0.2, 0) is 0 Å². The average molecular weight is 182 g/mol. The van der Waals surface area contributed by atoms with Crippen LogP contribution in [0.2, 0.25) is 6.04 Å². The summed E-state index contributed by atoms with van der Waals surface area (Å²) in [5.41, 5.74) is 3.71. The lowest BCUT2D eigenvalue weighted by Crippen LogP contribution is -2.17. The maximum Gasteiger partial charge on any atom is 0.100 e. The summed E-state index contributed by atoms with van der Waals surface area (Å²) in [6.45, 7) is 6.41. The number of unbranched alkanes of at least 4 members (excludes halogenated alkanes) is 1. The molecule has 0 unspecified atom stereocenters. The molecule has 2 nitrogen and oxygen atoms in total. The molecular formula is C9H18N2Si. The third kappa shape index (κ3) is 2.48. The largest absolute Gasteiger partial charge is 0.351 e. The number of aromatic nitrogens is 2. The van der Waals surface area contributed by atoms with Crippen molar-refractivity contribution in [2.75, 3.05) is 0 Å². The fourth-order valence-electron chi connectivity index (χ4n) is 1.28. The van der Waals surface area contributed by atoms with E-state index in [0.717, 1.165) is 0 Å². The van der Waals surface area contributed by atoms with Crippen LogP contribution >= 0.6 is 0 Å². The first-order chi connectivity index (χ1) is 5.74. The molecule has 0 saturated carbocycles. The van der Waals surface area contributed by atoms with E-state index in [1.165, 1.54) is 35.7 Å². The Balaban J connectivity index is 2.42. The molecule has 0 aliphatic heterocycles. The van der Waals surface area contributed by atoms with Gasteiger partial charge in [0.25, 0.3) is 0 Å². The molecule has 1 N–H and O–H groups in total. The Labute approximate surface area is 76.6 Å². The van der Waals surface area contributed by atoms with E-state index < -0.39 is 0 Å². The highest BCUT2D eigenvalue weighted by molar-refractivity contribution is 6.51. The topological polar surface area (TPSA) is 28.7 Å². The molecular weight excluding hydrogens is 164 g/mol. The molecule has 0 aromatic carbocycles. The number of rotatable bonds is 4. The van der Waals surface area contributed by atoms with E-state index >= 15 is 0 Å². The quantitative estimate of drug-likeness (QED) is 0.547. The second kappa shape index (κ2) is 4.45. The van der Waals surface area contributed by atoms with Crippen molar-refractivity contribution in [1.82, 2.24) is 9.97 Å². The number of imidazole rings is 1. The van der Waals surface area contributed by atoms with Gasteiger partial charge in [0.2, 0.25) is 0 Å². The van der Waals surface area contributed by atoms with Gasteiger partial charge in [-0.25, -0.2) is 4.98 Å². The molecule has 0 fully saturated rings. The highest BCUT2D eigenvalue weighted by Gasteiger charge is 2.01. The first-order valence-electron chi connectivity index (χ1n) is 4.76. The summed E-state index contributed by atoms with van der Waals surface area (Å²) in [5, 5.41) is 0. The van der Waals surface area contributed by atoms with Gasteiger partial charge in [-0.05, 0) is 13.8 Å². The molecule has 0 spiro atoms. The normalized spacial score (nSPS) is 11.6. The van der Waals surface area contributed by atoms with Gasteiger partial charge in [-0.3, -0.25) is 0 Å². The SMILES string of the molecule is CCCC[SiH2]c1nc(C)c(C)[nH]1. The second-order valence-electron chi connectivity index (χ2n) is 3.35. The minimum absolute atomic E-state index is 0.0896. The second-order valence-corrected chi connectivity index (χ2v) is 5.23. The van der Waals surface area contributed by atoms with Gasteiger partial charge >= 0.3 is 0 Å². The van der Waals surface area contributed by atoms with Crippen LogP contribution in [0.5, 0.6) is 0 Å². The molecule has 3 heteroatoms. The Morgan fingerprint density at radius 2 is 2.17 bits per heavy atom. The molecule has 0 aliphatic carbocycles. The van der Waals surface area contributed by atoms with Gasteiger partial charge in [-0.2, -0.15) is 0 Å². The standard InChI is InChI=1S/C9H18N2Si/c1-4-5-6-12-9-10-7(2)8(3)11-9/h4-6,12H2,1-3H3,(H,10,11). The summed E-state index contributed by atoms with van der Waals surface area (Å²) < 4.78 is 0. The number of hydrogen-bond acceptors (Lipinski definition) is 1. The third-order valence-electron chi connectivity index (χ3n) is 2.19. The lowest BCUT2D eigenvalue weighted by Gasteiger charge is -1.92. The number of aromatic amines is 1. The highest BCUT2D eigenvalue weighted by Crippen LogP contribution is 1.97. The molecule has 1 aromatic heterocycles. The van der Waals surface area contributed by atoms with E-state index in [1.807, 2.05) is 0 Å². The van der Waals surface area contributed by atoms with Crippen molar-refractivity contribution < 1.29 is 0 Å². The number of nitrogens with zero attached hydrogens (tertiary/aromatic N) is 1. The number of hydrogen-bond donors (Lipinski definition) is 1. The van der Waals surface area contributed by atoms with E-state index in [4.69, 9.17) is 0 Å². The first-order valence-corrected chi connectivity index (χ1v) is 6.46. The maximum atomic E-state index is 4.49. The van der Waals surface area contributed by atoms with Crippen LogP contribution < -0.4 is 5.45 Å². The van der Waals surface area contributed by atoms with Crippen LogP contribution in [0.15, 0.2) is 0 Å². The lowest BCUT2D eigenvalue weighted by atomic mass is 10.4. The van der Waals surface area contributed by atoms with E-state index in [-0.39, 0.29) is 9.52 Å². The summed E-state index contributed by atoms with van der Waals surface area (Å²) in [7, 11) is -0.0896. The maximum absolute atomic E-state index is 4.49. The fraction of sp³-hybridized carbons (Fsp3) is 0.667. The van der Waals surface area contributed by atoms with Crippen LogP contribution in [0.3, 0.4) is 0 Å². The Morgan fingerprint density at radius 1 is 1.42 bits per heavy atom. The van der Waals surface area contributed by atoms with Crippen molar-refractivity contribution in [3.8, 4) is 0 Å². The van der Waals surface area contributed by atoms with Gasteiger partial charge in [0, 0.05) is 5.69 Å². The Morgan fingerprint density at radius 3 is 2.67 bits per heavy atom. The van der Waals surface area contributed by atoms with Crippen molar-refractivity contribution in [2.45, 2.75) is 39.7 Å². The predicted molar refractivity (Wildman–Crippen MR) is 56.0 cm³/mol. The Kier molecular flexibility index (Phi) is 3.53. The summed E-state index contributed by atoms with van der Waals surface area (Å²) in [4.78, 5) is 7.84. The van der Waals surface area contributed by atoms with Gasteiger partial charge < -0.3 is 4.98 Å². The number of aryl methyl sites for hydroxylation is 2.